The Labute approximate surface area is 135 Å². The molecule has 1 saturated carbocycles. The van der Waals surface area contributed by atoms with E-state index in [9.17, 15) is 9.59 Å². The standard InChI is InChI=1S/C17H21NO5/c1-11(17(20)18-13-5-6-13)23-16(19)9-4-12-10-14(21-2)7-8-15(12)22-3/h4,7-11,13H,5-6H2,1-3H3,(H,18,20)/b9-4+. The number of rotatable bonds is 7. The molecule has 6 nitrogen and oxygen atoms in total. The quantitative estimate of drug-likeness (QED) is 0.614. The number of methoxy groups -OCH3 is 2. The van der Waals surface area contributed by atoms with Crippen LogP contribution in [0.4, 0.5) is 0 Å². The minimum absolute atomic E-state index is 0.236. The van der Waals surface area contributed by atoms with Crippen LogP contribution in [0.1, 0.15) is 25.3 Å². The van der Waals surface area contributed by atoms with E-state index in [0.29, 0.717) is 17.1 Å². The van der Waals surface area contributed by atoms with Gasteiger partial charge >= 0.3 is 5.97 Å². The number of benzene rings is 1. The van der Waals surface area contributed by atoms with Gasteiger partial charge in [-0.15, -0.1) is 0 Å². The maximum Gasteiger partial charge on any atom is 0.331 e. The summed E-state index contributed by atoms with van der Waals surface area (Å²) in [7, 11) is 3.10. The van der Waals surface area contributed by atoms with Gasteiger partial charge in [0, 0.05) is 17.7 Å². The average Bonchev–Trinajstić information content (AvgIpc) is 3.36. The predicted octanol–water partition coefficient (Wildman–Crippen LogP) is 1.93. The molecule has 1 fully saturated rings. The van der Waals surface area contributed by atoms with Crippen molar-refractivity contribution in [3.63, 3.8) is 0 Å². The molecule has 124 valence electrons. The molecule has 1 unspecified atom stereocenters. The van der Waals surface area contributed by atoms with Crippen molar-refractivity contribution < 1.29 is 23.8 Å². The number of carbonyl (C=O) groups is 2. The van der Waals surface area contributed by atoms with Crippen LogP contribution in [0.15, 0.2) is 24.3 Å². The summed E-state index contributed by atoms with van der Waals surface area (Å²) in [5.74, 6) is 0.395. The van der Waals surface area contributed by atoms with E-state index in [0.717, 1.165) is 12.8 Å². The van der Waals surface area contributed by atoms with E-state index >= 15 is 0 Å². The molecule has 0 spiro atoms. The molecule has 0 aliphatic heterocycles. The van der Waals surface area contributed by atoms with Crippen molar-refractivity contribution in [3.8, 4) is 11.5 Å². The first-order chi connectivity index (χ1) is 11.0. The zero-order chi connectivity index (χ0) is 16.8. The molecule has 2 rings (SSSR count). The molecule has 1 aliphatic carbocycles. The zero-order valence-electron chi connectivity index (χ0n) is 13.5. The van der Waals surface area contributed by atoms with E-state index in [1.807, 2.05) is 0 Å². The van der Waals surface area contributed by atoms with Crippen molar-refractivity contribution in [2.24, 2.45) is 0 Å². The highest BCUT2D eigenvalue weighted by Crippen LogP contribution is 2.25. The highest BCUT2D eigenvalue weighted by atomic mass is 16.5. The first kappa shape index (κ1) is 16.9. The summed E-state index contributed by atoms with van der Waals surface area (Å²) in [6.45, 7) is 1.55. The minimum atomic E-state index is -0.819. The Morgan fingerprint density at radius 2 is 2.00 bits per heavy atom. The lowest BCUT2D eigenvalue weighted by Crippen LogP contribution is -2.36. The van der Waals surface area contributed by atoms with E-state index in [2.05, 4.69) is 5.32 Å². The molecule has 0 bridgehead atoms. The fraction of sp³-hybridized carbons (Fsp3) is 0.412. The van der Waals surface area contributed by atoms with E-state index in [-0.39, 0.29) is 11.9 Å². The molecular weight excluding hydrogens is 298 g/mol. The molecule has 1 amide bonds. The van der Waals surface area contributed by atoms with Gasteiger partial charge in [-0.3, -0.25) is 4.79 Å². The number of nitrogens with one attached hydrogen (secondary N) is 1. The van der Waals surface area contributed by atoms with Crippen LogP contribution in [0.2, 0.25) is 0 Å². The van der Waals surface area contributed by atoms with Crippen LogP contribution < -0.4 is 14.8 Å². The lowest BCUT2D eigenvalue weighted by molar-refractivity contribution is -0.150. The predicted molar refractivity (Wildman–Crippen MR) is 85.3 cm³/mol. The normalized spacial score (nSPS) is 15.1. The van der Waals surface area contributed by atoms with Gasteiger partial charge < -0.3 is 19.5 Å². The average molecular weight is 319 g/mol. The van der Waals surface area contributed by atoms with Crippen LogP contribution in [0, 0.1) is 0 Å². The molecule has 1 atom stereocenters. The van der Waals surface area contributed by atoms with Gasteiger partial charge in [0.1, 0.15) is 11.5 Å². The Hall–Kier alpha value is -2.50. The summed E-state index contributed by atoms with van der Waals surface area (Å²) in [5, 5.41) is 2.79. The molecule has 0 aromatic heterocycles. The van der Waals surface area contributed by atoms with Crippen LogP contribution in [-0.4, -0.2) is 38.2 Å². The summed E-state index contributed by atoms with van der Waals surface area (Å²) in [4.78, 5) is 23.6. The number of esters is 1. The smallest absolute Gasteiger partial charge is 0.331 e. The second-order valence-corrected chi connectivity index (χ2v) is 5.30. The Morgan fingerprint density at radius 1 is 1.26 bits per heavy atom. The van der Waals surface area contributed by atoms with Gasteiger partial charge in [-0.2, -0.15) is 0 Å². The van der Waals surface area contributed by atoms with Crippen LogP contribution in [0.25, 0.3) is 6.08 Å². The summed E-state index contributed by atoms with van der Waals surface area (Å²) in [5.41, 5.74) is 0.680. The highest BCUT2D eigenvalue weighted by Gasteiger charge is 2.26. The molecule has 6 heteroatoms. The SMILES string of the molecule is COc1ccc(OC)c(/C=C/C(=O)OC(C)C(=O)NC2CC2)c1. The fourth-order valence-electron chi connectivity index (χ4n) is 1.94. The Bertz CT molecular complexity index is 607. The van der Waals surface area contributed by atoms with E-state index in [4.69, 9.17) is 14.2 Å². The number of hydrogen-bond acceptors (Lipinski definition) is 5. The third kappa shape index (κ3) is 5.02. The molecule has 1 aromatic rings. The number of ether oxygens (including phenoxy) is 3. The monoisotopic (exact) mass is 319 g/mol. The molecule has 0 saturated heterocycles. The van der Waals surface area contributed by atoms with Crippen molar-refractivity contribution in [1.29, 1.82) is 0 Å². The Kier molecular flexibility index (Phi) is 5.62. The summed E-state index contributed by atoms with van der Waals surface area (Å²) in [6.07, 6.45) is 3.98. The second-order valence-electron chi connectivity index (χ2n) is 5.30. The van der Waals surface area contributed by atoms with Crippen molar-refractivity contribution in [2.45, 2.75) is 31.9 Å². The van der Waals surface area contributed by atoms with Crippen molar-refractivity contribution in [1.82, 2.24) is 5.32 Å². The number of amides is 1. The molecule has 1 N–H and O–H groups in total. The fourth-order valence-corrected chi connectivity index (χ4v) is 1.94. The molecular formula is C17H21NO5. The molecule has 1 aromatic carbocycles. The topological polar surface area (TPSA) is 73.9 Å². The van der Waals surface area contributed by atoms with Gasteiger partial charge in [-0.25, -0.2) is 4.79 Å². The molecule has 0 heterocycles. The maximum atomic E-state index is 11.8. The molecule has 23 heavy (non-hydrogen) atoms. The van der Waals surface area contributed by atoms with E-state index < -0.39 is 12.1 Å². The van der Waals surface area contributed by atoms with Crippen LogP contribution in [0.5, 0.6) is 11.5 Å². The summed E-state index contributed by atoms with van der Waals surface area (Å²) in [6, 6.07) is 5.49. The van der Waals surface area contributed by atoms with E-state index in [1.165, 1.54) is 6.08 Å². The van der Waals surface area contributed by atoms with Gasteiger partial charge in [0.25, 0.3) is 5.91 Å². The molecule has 1 aliphatic rings. The van der Waals surface area contributed by atoms with Crippen LogP contribution >= 0.6 is 0 Å². The van der Waals surface area contributed by atoms with Crippen molar-refractivity contribution >= 4 is 18.0 Å². The zero-order valence-corrected chi connectivity index (χ0v) is 13.5. The second kappa shape index (κ2) is 7.67. The maximum absolute atomic E-state index is 11.8. The number of carbonyl (C=O) groups excluding carboxylic acids is 2. The third-order valence-electron chi connectivity index (χ3n) is 3.42. The van der Waals surface area contributed by atoms with Crippen molar-refractivity contribution in [2.75, 3.05) is 14.2 Å². The highest BCUT2D eigenvalue weighted by molar-refractivity contribution is 5.90. The Balaban J connectivity index is 1.95. The molecule has 0 radical (unpaired) electrons. The van der Waals surface area contributed by atoms with Crippen molar-refractivity contribution in [3.05, 3.63) is 29.8 Å². The van der Waals surface area contributed by atoms with Gasteiger partial charge in [0.2, 0.25) is 0 Å². The summed E-state index contributed by atoms with van der Waals surface area (Å²) < 4.78 is 15.4. The largest absolute Gasteiger partial charge is 0.497 e. The first-order valence-corrected chi connectivity index (χ1v) is 7.44. The van der Waals surface area contributed by atoms with E-state index in [1.54, 1.807) is 45.4 Å². The van der Waals surface area contributed by atoms with Crippen LogP contribution in [-0.2, 0) is 14.3 Å². The van der Waals surface area contributed by atoms with Gasteiger partial charge in [0.15, 0.2) is 6.10 Å². The third-order valence-corrected chi connectivity index (χ3v) is 3.42. The summed E-state index contributed by atoms with van der Waals surface area (Å²) >= 11 is 0. The lowest BCUT2D eigenvalue weighted by atomic mass is 10.1. The number of hydrogen-bond donors (Lipinski definition) is 1. The minimum Gasteiger partial charge on any atom is -0.497 e. The van der Waals surface area contributed by atoms with Gasteiger partial charge in [-0.1, -0.05) is 0 Å². The lowest BCUT2D eigenvalue weighted by Gasteiger charge is -2.11. The first-order valence-electron chi connectivity index (χ1n) is 7.44. The van der Waals surface area contributed by atoms with Crippen LogP contribution in [0.3, 0.4) is 0 Å². The van der Waals surface area contributed by atoms with Gasteiger partial charge in [0.05, 0.1) is 14.2 Å². The Morgan fingerprint density at radius 3 is 2.61 bits per heavy atom. The van der Waals surface area contributed by atoms with Gasteiger partial charge in [-0.05, 0) is 44.0 Å².